The van der Waals surface area contributed by atoms with Crippen LogP contribution in [0.1, 0.15) is 97.8 Å². The van der Waals surface area contributed by atoms with Gasteiger partial charge in [0.15, 0.2) is 0 Å². The first-order chi connectivity index (χ1) is 10.0. The van der Waals surface area contributed by atoms with Gasteiger partial charge in [-0.25, -0.2) is 0 Å². The highest BCUT2D eigenvalue weighted by Crippen LogP contribution is 2.25. The first kappa shape index (κ1) is 20.8. The number of unbranched alkanes of at least 4 members (excludes halogenated alkanes) is 11. The van der Waals surface area contributed by atoms with Crippen LogP contribution in [0.25, 0.3) is 0 Å². The molecule has 0 heterocycles. The van der Waals surface area contributed by atoms with Crippen molar-refractivity contribution in [3.05, 3.63) is 0 Å². The van der Waals surface area contributed by atoms with Crippen molar-refractivity contribution < 1.29 is 9.90 Å². The molecule has 0 atom stereocenters. The minimum absolute atomic E-state index is 0.627. The summed E-state index contributed by atoms with van der Waals surface area (Å²) in [6.45, 7) is 5.85. The molecular formula is C18H36O2S. The molecule has 0 bridgehead atoms. The van der Waals surface area contributed by atoms with Crippen molar-refractivity contribution in [2.75, 3.05) is 5.75 Å². The number of rotatable bonds is 15. The second-order valence-electron chi connectivity index (χ2n) is 6.55. The Labute approximate surface area is 136 Å². The molecule has 0 fully saturated rings. The zero-order valence-corrected chi connectivity index (χ0v) is 15.3. The lowest BCUT2D eigenvalue weighted by molar-refractivity contribution is -0.138. The number of carboxylic acid groups (broad SMARTS) is 1. The molecule has 0 spiro atoms. The van der Waals surface area contributed by atoms with E-state index in [-0.39, 0.29) is 0 Å². The van der Waals surface area contributed by atoms with Gasteiger partial charge in [0.2, 0.25) is 0 Å². The van der Waals surface area contributed by atoms with E-state index in [9.17, 15) is 4.79 Å². The third-order valence-corrected chi connectivity index (χ3v) is 5.36. The van der Waals surface area contributed by atoms with Crippen LogP contribution in [0.5, 0.6) is 0 Å². The number of aliphatic carboxylic acids is 1. The molecule has 0 aromatic carbocycles. The Balaban J connectivity index is 3.18. The molecule has 0 aliphatic carbocycles. The van der Waals surface area contributed by atoms with Gasteiger partial charge < -0.3 is 5.11 Å². The third kappa shape index (κ3) is 13.2. The maximum absolute atomic E-state index is 10.9. The van der Waals surface area contributed by atoms with E-state index in [0.717, 1.165) is 12.2 Å². The highest BCUT2D eigenvalue weighted by Gasteiger charge is 2.26. The van der Waals surface area contributed by atoms with Gasteiger partial charge in [-0.1, -0.05) is 77.6 Å². The van der Waals surface area contributed by atoms with Crippen LogP contribution in [0.3, 0.4) is 0 Å². The fourth-order valence-corrected chi connectivity index (χ4v) is 3.31. The van der Waals surface area contributed by atoms with E-state index in [0.29, 0.717) is 0 Å². The monoisotopic (exact) mass is 316 g/mol. The van der Waals surface area contributed by atoms with Gasteiger partial charge in [-0.15, -0.1) is 11.8 Å². The zero-order chi connectivity index (χ0) is 16.0. The summed E-state index contributed by atoms with van der Waals surface area (Å²) in [5, 5.41) is 9.01. The molecule has 0 rings (SSSR count). The molecule has 2 nitrogen and oxygen atoms in total. The van der Waals surface area contributed by atoms with Crippen molar-refractivity contribution in [2.24, 2.45) is 0 Å². The Kier molecular flexibility index (Phi) is 13.4. The van der Waals surface area contributed by atoms with Crippen molar-refractivity contribution in [2.45, 2.75) is 103 Å². The lowest BCUT2D eigenvalue weighted by Gasteiger charge is -2.17. The summed E-state index contributed by atoms with van der Waals surface area (Å²) in [7, 11) is 0. The van der Waals surface area contributed by atoms with Gasteiger partial charge in [0.1, 0.15) is 4.75 Å². The molecule has 1 N–H and O–H groups in total. The van der Waals surface area contributed by atoms with Gasteiger partial charge in [-0.2, -0.15) is 0 Å². The molecule has 0 aliphatic rings. The molecule has 0 radical (unpaired) electrons. The maximum atomic E-state index is 10.9. The molecule has 3 heteroatoms. The fraction of sp³-hybridized carbons (Fsp3) is 0.944. The summed E-state index contributed by atoms with van der Waals surface area (Å²) in [6.07, 6.45) is 16.2. The highest BCUT2D eigenvalue weighted by molar-refractivity contribution is 8.01. The Morgan fingerprint density at radius 3 is 1.57 bits per heavy atom. The van der Waals surface area contributed by atoms with Crippen molar-refractivity contribution in [3.63, 3.8) is 0 Å². The van der Waals surface area contributed by atoms with E-state index < -0.39 is 10.7 Å². The predicted octanol–water partition coefficient (Wildman–Crippen LogP) is 6.28. The van der Waals surface area contributed by atoms with Crippen molar-refractivity contribution in [3.8, 4) is 0 Å². The number of hydrogen-bond donors (Lipinski definition) is 1. The van der Waals surface area contributed by atoms with E-state index in [4.69, 9.17) is 5.11 Å². The van der Waals surface area contributed by atoms with E-state index >= 15 is 0 Å². The minimum atomic E-state index is -0.702. The second-order valence-corrected chi connectivity index (χ2v) is 8.27. The lowest BCUT2D eigenvalue weighted by atomic mass is 10.1. The number of hydrogen-bond acceptors (Lipinski definition) is 2. The average Bonchev–Trinajstić information content (AvgIpc) is 2.43. The first-order valence-corrected chi connectivity index (χ1v) is 9.86. The van der Waals surface area contributed by atoms with Crippen LogP contribution in [0.2, 0.25) is 0 Å². The van der Waals surface area contributed by atoms with E-state index in [1.165, 1.54) is 70.6 Å². The van der Waals surface area contributed by atoms with Gasteiger partial charge in [-0.05, 0) is 26.0 Å². The quantitative estimate of drug-likeness (QED) is 0.361. The Hall–Kier alpha value is -0.180. The van der Waals surface area contributed by atoms with Crippen LogP contribution >= 0.6 is 11.8 Å². The third-order valence-electron chi connectivity index (χ3n) is 3.98. The molecule has 126 valence electrons. The normalized spacial score (nSPS) is 11.8. The first-order valence-electron chi connectivity index (χ1n) is 8.88. The summed E-state index contributed by atoms with van der Waals surface area (Å²) in [4.78, 5) is 10.9. The zero-order valence-electron chi connectivity index (χ0n) is 14.5. The van der Waals surface area contributed by atoms with Gasteiger partial charge in [0.05, 0.1) is 0 Å². The highest BCUT2D eigenvalue weighted by atomic mass is 32.2. The molecular weight excluding hydrogens is 280 g/mol. The predicted molar refractivity (Wildman–Crippen MR) is 95.3 cm³/mol. The standard InChI is InChI=1S/C18H36O2S/c1-4-5-6-7-8-9-10-11-12-13-14-15-16-21-18(2,3)17(19)20/h4-16H2,1-3H3,(H,19,20). The average molecular weight is 317 g/mol. The number of thioether (sulfide) groups is 1. The Morgan fingerprint density at radius 2 is 1.19 bits per heavy atom. The van der Waals surface area contributed by atoms with Crippen molar-refractivity contribution in [1.29, 1.82) is 0 Å². The van der Waals surface area contributed by atoms with Crippen LogP contribution in [0.15, 0.2) is 0 Å². The molecule has 0 saturated heterocycles. The smallest absolute Gasteiger partial charge is 0.319 e. The van der Waals surface area contributed by atoms with Gasteiger partial charge in [0.25, 0.3) is 0 Å². The Morgan fingerprint density at radius 1 is 0.810 bits per heavy atom. The van der Waals surface area contributed by atoms with Crippen LogP contribution in [0.4, 0.5) is 0 Å². The fourth-order valence-electron chi connectivity index (χ4n) is 2.33. The maximum Gasteiger partial charge on any atom is 0.319 e. The van der Waals surface area contributed by atoms with Crippen LogP contribution in [-0.2, 0) is 4.79 Å². The summed E-state index contributed by atoms with van der Waals surface area (Å²) >= 11 is 1.57. The van der Waals surface area contributed by atoms with Crippen LogP contribution in [0, 0.1) is 0 Å². The second kappa shape index (κ2) is 13.5. The van der Waals surface area contributed by atoms with E-state index in [1.807, 2.05) is 0 Å². The molecule has 21 heavy (non-hydrogen) atoms. The molecule has 0 saturated carbocycles. The summed E-state index contributed by atoms with van der Waals surface area (Å²) in [6, 6.07) is 0. The van der Waals surface area contributed by atoms with Crippen LogP contribution < -0.4 is 0 Å². The largest absolute Gasteiger partial charge is 0.480 e. The molecule has 0 amide bonds. The molecule has 0 unspecified atom stereocenters. The molecule has 0 aliphatic heterocycles. The topological polar surface area (TPSA) is 37.3 Å². The SMILES string of the molecule is CCCCCCCCCCCCCCSC(C)(C)C(=O)O. The number of carboxylic acids is 1. The van der Waals surface area contributed by atoms with Crippen molar-refractivity contribution >= 4 is 17.7 Å². The van der Waals surface area contributed by atoms with Gasteiger partial charge >= 0.3 is 5.97 Å². The minimum Gasteiger partial charge on any atom is -0.480 e. The summed E-state index contributed by atoms with van der Waals surface area (Å²) in [5.74, 6) is 0.267. The summed E-state index contributed by atoms with van der Waals surface area (Å²) < 4.78 is -0.627. The lowest BCUT2D eigenvalue weighted by Crippen LogP contribution is -2.27. The van der Waals surface area contributed by atoms with E-state index in [1.54, 1.807) is 25.6 Å². The number of carbonyl (C=O) groups is 1. The van der Waals surface area contributed by atoms with Gasteiger partial charge in [0, 0.05) is 0 Å². The van der Waals surface area contributed by atoms with Crippen LogP contribution in [-0.4, -0.2) is 21.6 Å². The van der Waals surface area contributed by atoms with Crippen molar-refractivity contribution in [1.82, 2.24) is 0 Å². The molecule has 0 aromatic rings. The van der Waals surface area contributed by atoms with E-state index in [2.05, 4.69) is 6.92 Å². The van der Waals surface area contributed by atoms with Gasteiger partial charge in [-0.3, -0.25) is 4.79 Å². The Bertz CT molecular complexity index is 252. The molecule has 0 aromatic heterocycles. The summed E-state index contributed by atoms with van der Waals surface area (Å²) in [5.41, 5.74) is 0.